The number of amides is 2. The number of carbonyl (C=O) groups excluding carboxylic acids is 2. The summed E-state index contributed by atoms with van der Waals surface area (Å²) in [5, 5.41) is 0. The van der Waals surface area contributed by atoms with Crippen molar-refractivity contribution in [3.05, 3.63) is 29.8 Å². The van der Waals surface area contributed by atoms with Crippen LogP contribution in [0.2, 0.25) is 0 Å². The summed E-state index contributed by atoms with van der Waals surface area (Å²) in [5.74, 6) is 1.35. The first kappa shape index (κ1) is 23.1. The number of methoxy groups -OCH3 is 1. The van der Waals surface area contributed by atoms with Gasteiger partial charge in [-0.3, -0.25) is 14.5 Å². The molecule has 0 saturated carbocycles. The summed E-state index contributed by atoms with van der Waals surface area (Å²) >= 11 is 0. The molecule has 2 amide bonds. The molecule has 31 heavy (non-hydrogen) atoms. The van der Waals surface area contributed by atoms with Crippen molar-refractivity contribution in [2.24, 2.45) is 0 Å². The number of ether oxygens (including phenoxy) is 2. The Kier molecular flexibility index (Phi) is 8.76. The molecule has 2 aliphatic rings. The number of hydrogen-bond acceptors (Lipinski definition) is 5. The number of rotatable bonds is 7. The second-order valence-corrected chi connectivity index (χ2v) is 8.15. The van der Waals surface area contributed by atoms with Crippen molar-refractivity contribution in [1.82, 2.24) is 14.7 Å². The number of allylic oxidation sites excluding steroid dienone is 1. The van der Waals surface area contributed by atoms with Gasteiger partial charge in [0, 0.05) is 39.3 Å². The van der Waals surface area contributed by atoms with Gasteiger partial charge in [0.05, 0.1) is 13.7 Å². The summed E-state index contributed by atoms with van der Waals surface area (Å²) in [7, 11) is 1.59. The van der Waals surface area contributed by atoms with Gasteiger partial charge >= 0.3 is 0 Å². The van der Waals surface area contributed by atoms with E-state index in [2.05, 4.69) is 4.90 Å². The predicted molar refractivity (Wildman–Crippen MR) is 121 cm³/mol. The van der Waals surface area contributed by atoms with Gasteiger partial charge in [0.2, 0.25) is 5.91 Å². The van der Waals surface area contributed by atoms with Gasteiger partial charge in [-0.1, -0.05) is 31.1 Å². The lowest BCUT2D eigenvalue weighted by Gasteiger charge is -2.35. The van der Waals surface area contributed by atoms with E-state index in [-0.39, 0.29) is 18.4 Å². The third kappa shape index (κ3) is 6.72. The van der Waals surface area contributed by atoms with Crippen LogP contribution < -0.4 is 9.47 Å². The Morgan fingerprint density at radius 2 is 1.58 bits per heavy atom. The van der Waals surface area contributed by atoms with E-state index >= 15 is 0 Å². The Balaban J connectivity index is 1.43. The van der Waals surface area contributed by atoms with Crippen LogP contribution in [0, 0.1) is 0 Å². The molecule has 0 N–H and O–H groups in total. The normalized spacial score (nSPS) is 18.1. The molecular weight excluding hydrogens is 394 g/mol. The first-order valence-electron chi connectivity index (χ1n) is 11.3. The van der Waals surface area contributed by atoms with Crippen LogP contribution in [-0.4, -0.2) is 86.0 Å². The zero-order valence-corrected chi connectivity index (χ0v) is 18.8. The van der Waals surface area contributed by atoms with Crippen LogP contribution in [0.4, 0.5) is 0 Å². The maximum absolute atomic E-state index is 12.6. The average Bonchev–Trinajstić information content (AvgIpc) is 3.08. The number of carbonyl (C=O) groups is 2. The number of hydrogen-bond donors (Lipinski definition) is 0. The quantitative estimate of drug-likeness (QED) is 0.667. The summed E-state index contributed by atoms with van der Waals surface area (Å²) in [6.07, 6.45) is 8.60. The summed E-state index contributed by atoms with van der Waals surface area (Å²) < 4.78 is 11.1. The van der Waals surface area contributed by atoms with Crippen molar-refractivity contribution >= 4 is 17.9 Å². The molecule has 1 aromatic rings. The molecule has 0 radical (unpaired) electrons. The lowest BCUT2D eigenvalue weighted by atomic mass is 10.2. The molecule has 0 spiro atoms. The largest absolute Gasteiger partial charge is 0.493 e. The molecule has 0 aliphatic carbocycles. The predicted octanol–water partition coefficient (Wildman–Crippen LogP) is 2.65. The second kappa shape index (κ2) is 11.7. The molecule has 0 aromatic heterocycles. The van der Waals surface area contributed by atoms with Crippen molar-refractivity contribution in [3.8, 4) is 11.5 Å². The molecule has 2 aliphatic heterocycles. The smallest absolute Gasteiger partial charge is 0.260 e. The molecule has 1 aromatic carbocycles. The monoisotopic (exact) mass is 429 g/mol. The molecule has 0 bridgehead atoms. The molecule has 2 fully saturated rings. The van der Waals surface area contributed by atoms with Crippen LogP contribution in [0.15, 0.2) is 24.3 Å². The van der Waals surface area contributed by atoms with Gasteiger partial charge < -0.3 is 19.3 Å². The Morgan fingerprint density at radius 1 is 0.903 bits per heavy atom. The van der Waals surface area contributed by atoms with E-state index in [1.54, 1.807) is 7.11 Å². The highest BCUT2D eigenvalue weighted by molar-refractivity contribution is 5.79. The minimum absolute atomic E-state index is 0.0218. The molecule has 7 heteroatoms. The molecule has 0 atom stereocenters. The third-order valence-electron chi connectivity index (χ3n) is 5.94. The van der Waals surface area contributed by atoms with E-state index in [1.807, 2.05) is 47.1 Å². The molecule has 7 nitrogen and oxygen atoms in total. The molecule has 0 unspecified atom stereocenters. The van der Waals surface area contributed by atoms with E-state index < -0.39 is 0 Å². The van der Waals surface area contributed by atoms with Crippen molar-refractivity contribution < 1.29 is 19.1 Å². The van der Waals surface area contributed by atoms with E-state index in [0.29, 0.717) is 44.2 Å². The number of benzene rings is 1. The first-order valence-corrected chi connectivity index (χ1v) is 11.3. The highest BCUT2D eigenvalue weighted by Crippen LogP contribution is 2.28. The molecule has 2 saturated heterocycles. The third-order valence-corrected chi connectivity index (χ3v) is 5.94. The van der Waals surface area contributed by atoms with Crippen LogP contribution in [-0.2, 0) is 9.59 Å². The van der Waals surface area contributed by atoms with Gasteiger partial charge in [-0.25, -0.2) is 0 Å². The summed E-state index contributed by atoms with van der Waals surface area (Å²) in [5.41, 5.74) is 1.02. The number of likely N-dealkylation sites (tertiary alicyclic amines) is 1. The topological polar surface area (TPSA) is 62.3 Å². The first-order chi connectivity index (χ1) is 15.1. The minimum Gasteiger partial charge on any atom is -0.493 e. The minimum atomic E-state index is -0.0434. The average molecular weight is 430 g/mol. The Labute approximate surface area is 185 Å². The van der Waals surface area contributed by atoms with Crippen LogP contribution >= 0.6 is 0 Å². The second-order valence-electron chi connectivity index (χ2n) is 8.15. The van der Waals surface area contributed by atoms with Gasteiger partial charge in [-0.05, 0) is 37.5 Å². The van der Waals surface area contributed by atoms with Gasteiger partial charge in [0.15, 0.2) is 18.1 Å². The maximum atomic E-state index is 12.6. The van der Waals surface area contributed by atoms with Crippen molar-refractivity contribution in [1.29, 1.82) is 0 Å². The lowest BCUT2D eigenvalue weighted by Crippen LogP contribution is -2.52. The van der Waals surface area contributed by atoms with E-state index in [1.165, 1.54) is 12.8 Å². The van der Waals surface area contributed by atoms with Crippen molar-refractivity contribution in [2.45, 2.75) is 32.6 Å². The van der Waals surface area contributed by atoms with Crippen LogP contribution in [0.5, 0.6) is 11.5 Å². The molecule has 2 heterocycles. The van der Waals surface area contributed by atoms with Gasteiger partial charge in [0.25, 0.3) is 5.91 Å². The fourth-order valence-corrected chi connectivity index (χ4v) is 4.10. The number of piperazine rings is 1. The molecule has 170 valence electrons. The van der Waals surface area contributed by atoms with Gasteiger partial charge in [-0.15, -0.1) is 0 Å². The maximum Gasteiger partial charge on any atom is 0.260 e. The van der Waals surface area contributed by atoms with Crippen LogP contribution in [0.1, 0.15) is 38.2 Å². The van der Waals surface area contributed by atoms with Gasteiger partial charge in [-0.2, -0.15) is 0 Å². The Bertz CT molecular complexity index is 764. The summed E-state index contributed by atoms with van der Waals surface area (Å²) in [6, 6.07) is 5.65. The van der Waals surface area contributed by atoms with Crippen molar-refractivity contribution in [2.75, 3.05) is 59.5 Å². The van der Waals surface area contributed by atoms with Gasteiger partial charge in [0.1, 0.15) is 0 Å². The SMILES string of the molecule is CC=Cc1ccc(OCC(=O)N2CCN(CC(=O)N3CCCCCC3)CC2)c(OC)c1. The van der Waals surface area contributed by atoms with Crippen LogP contribution in [0.3, 0.4) is 0 Å². The fourth-order valence-electron chi connectivity index (χ4n) is 4.10. The van der Waals surface area contributed by atoms with Crippen LogP contribution in [0.25, 0.3) is 6.08 Å². The molecular formula is C24H35N3O4. The summed E-state index contributed by atoms with van der Waals surface area (Å²) in [4.78, 5) is 31.2. The summed E-state index contributed by atoms with van der Waals surface area (Å²) in [6.45, 7) is 6.82. The van der Waals surface area contributed by atoms with Crippen molar-refractivity contribution in [3.63, 3.8) is 0 Å². The standard InChI is InChI=1S/C24H35N3O4/c1-3-8-20-9-10-21(22(17-20)30-2)31-19-24(29)27-15-13-25(14-16-27)18-23(28)26-11-6-4-5-7-12-26/h3,8-10,17H,4-7,11-16,18-19H2,1-2H3. The highest BCUT2D eigenvalue weighted by Gasteiger charge is 2.25. The Hall–Kier alpha value is -2.54. The lowest BCUT2D eigenvalue weighted by molar-refractivity contribution is -0.136. The molecule has 3 rings (SSSR count). The van der Waals surface area contributed by atoms with E-state index in [9.17, 15) is 9.59 Å². The zero-order chi connectivity index (χ0) is 22.1. The highest BCUT2D eigenvalue weighted by atomic mass is 16.5. The number of nitrogens with zero attached hydrogens (tertiary/aromatic N) is 3. The van der Waals surface area contributed by atoms with E-state index in [0.717, 1.165) is 31.5 Å². The Morgan fingerprint density at radius 3 is 2.23 bits per heavy atom. The zero-order valence-electron chi connectivity index (χ0n) is 18.8. The fraction of sp³-hybridized carbons (Fsp3) is 0.583. The van der Waals surface area contributed by atoms with E-state index in [4.69, 9.17) is 9.47 Å².